The van der Waals surface area contributed by atoms with Gasteiger partial charge in [-0.3, -0.25) is 4.79 Å². The third-order valence-corrected chi connectivity index (χ3v) is 5.99. The van der Waals surface area contributed by atoms with Gasteiger partial charge in [0, 0.05) is 22.3 Å². The Morgan fingerprint density at radius 2 is 1.84 bits per heavy atom. The molecule has 1 amide bonds. The summed E-state index contributed by atoms with van der Waals surface area (Å²) in [6.45, 7) is 1.96. The quantitative estimate of drug-likeness (QED) is 0.855. The van der Waals surface area contributed by atoms with E-state index in [-0.39, 0.29) is 17.7 Å². The highest BCUT2D eigenvalue weighted by atomic mass is 32.1. The first-order valence-corrected chi connectivity index (χ1v) is 9.09. The summed E-state index contributed by atoms with van der Waals surface area (Å²) in [6.07, 6.45) is 4.57. The van der Waals surface area contributed by atoms with Crippen molar-refractivity contribution in [2.45, 2.75) is 13.3 Å². The third kappa shape index (κ3) is 2.76. The average molecular weight is 353 g/mol. The minimum atomic E-state index is -1.14. The number of nitrogens with zero attached hydrogens (tertiary/aromatic N) is 1. The Bertz CT molecular complexity index is 859. The van der Waals surface area contributed by atoms with E-state index in [0.717, 1.165) is 16.1 Å². The normalized spacial score (nSPS) is 26.8. The van der Waals surface area contributed by atoms with Crippen molar-refractivity contribution < 1.29 is 14.7 Å². The number of fused-ring (bicyclic) bond motifs is 2. The van der Waals surface area contributed by atoms with Crippen molar-refractivity contribution in [3.8, 4) is 11.3 Å². The SMILES string of the molecule is Cc1sc(NC(=O)[C@H]2[C@@H](C(=O)[O-])[C@H]3C=C[C@@H]2C3)nc1-c1ccccc1. The predicted octanol–water partition coefficient (Wildman–Crippen LogP) is 2.25. The molecule has 2 bridgehead atoms. The van der Waals surface area contributed by atoms with Crippen LogP contribution in [0.15, 0.2) is 42.5 Å². The first-order chi connectivity index (χ1) is 12.0. The van der Waals surface area contributed by atoms with Gasteiger partial charge >= 0.3 is 0 Å². The molecule has 1 fully saturated rings. The number of benzene rings is 1. The lowest BCUT2D eigenvalue weighted by Gasteiger charge is -2.27. The fraction of sp³-hybridized carbons (Fsp3) is 0.316. The number of carboxylic acid groups (broad SMARTS) is 1. The van der Waals surface area contributed by atoms with Gasteiger partial charge in [-0.25, -0.2) is 4.98 Å². The summed E-state index contributed by atoms with van der Waals surface area (Å²) in [5, 5.41) is 14.8. The summed E-state index contributed by atoms with van der Waals surface area (Å²) in [7, 11) is 0. The Morgan fingerprint density at radius 3 is 2.52 bits per heavy atom. The summed E-state index contributed by atoms with van der Waals surface area (Å²) < 4.78 is 0. The van der Waals surface area contributed by atoms with E-state index >= 15 is 0 Å². The molecular formula is C19H17N2O3S-. The molecule has 4 atom stereocenters. The molecule has 1 aromatic carbocycles. The summed E-state index contributed by atoms with van der Waals surface area (Å²) in [6, 6.07) is 9.77. The molecule has 0 saturated heterocycles. The van der Waals surface area contributed by atoms with Gasteiger partial charge in [0.15, 0.2) is 5.13 Å². The number of rotatable bonds is 4. The van der Waals surface area contributed by atoms with Gasteiger partial charge in [0.05, 0.1) is 11.6 Å². The van der Waals surface area contributed by atoms with Gasteiger partial charge < -0.3 is 15.2 Å². The van der Waals surface area contributed by atoms with E-state index in [9.17, 15) is 14.7 Å². The number of anilines is 1. The van der Waals surface area contributed by atoms with Crippen molar-refractivity contribution in [1.82, 2.24) is 4.98 Å². The molecule has 1 aromatic heterocycles. The molecule has 1 saturated carbocycles. The molecule has 1 N–H and O–H groups in total. The number of aromatic nitrogens is 1. The minimum absolute atomic E-state index is 0.0254. The van der Waals surface area contributed by atoms with Crippen LogP contribution >= 0.6 is 11.3 Å². The Morgan fingerprint density at radius 1 is 1.16 bits per heavy atom. The standard InChI is InChI=1S/C19H18N2O3S/c1-10-16(11-5-3-2-4-6-11)20-19(25-10)21-17(22)14-12-7-8-13(9-12)15(14)18(23)24/h2-8,12-15H,9H2,1H3,(H,23,24)(H,20,21,22)/p-1/t12-,13+,14-,15+/m1/s1. The molecule has 128 valence electrons. The van der Waals surface area contributed by atoms with Crippen LogP contribution in [0.1, 0.15) is 11.3 Å². The van der Waals surface area contributed by atoms with Gasteiger partial charge in [0.1, 0.15) is 0 Å². The number of amides is 1. The van der Waals surface area contributed by atoms with Gasteiger partial charge in [-0.15, -0.1) is 11.3 Å². The zero-order valence-corrected chi connectivity index (χ0v) is 14.5. The number of hydrogen-bond donors (Lipinski definition) is 1. The molecule has 1 heterocycles. The number of carbonyl (C=O) groups excluding carboxylic acids is 2. The van der Waals surface area contributed by atoms with Crippen LogP contribution in [0.25, 0.3) is 11.3 Å². The van der Waals surface area contributed by atoms with Crippen LogP contribution in [0.2, 0.25) is 0 Å². The second-order valence-electron chi connectivity index (χ2n) is 6.60. The van der Waals surface area contributed by atoms with Gasteiger partial charge in [0.2, 0.25) is 5.91 Å². The first-order valence-electron chi connectivity index (χ1n) is 8.27. The molecule has 2 aromatic rings. The lowest BCUT2D eigenvalue weighted by atomic mass is 9.82. The molecule has 0 unspecified atom stereocenters. The van der Waals surface area contributed by atoms with Gasteiger partial charge in [-0.05, 0) is 25.2 Å². The van der Waals surface area contributed by atoms with Crippen LogP contribution in [0.4, 0.5) is 5.13 Å². The van der Waals surface area contributed by atoms with Crippen LogP contribution in [0.3, 0.4) is 0 Å². The average Bonchev–Trinajstić information content (AvgIpc) is 3.29. The number of aliphatic carboxylic acids is 1. The molecule has 5 nitrogen and oxygen atoms in total. The number of carbonyl (C=O) groups is 2. The second kappa shape index (κ2) is 6.11. The topological polar surface area (TPSA) is 82.1 Å². The van der Waals surface area contributed by atoms with Crippen molar-refractivity contribution >= 4 is 28.3 Å². The smallest absolute Gasteiger partial charge is 0.230 e. The van der Waals surface area contributed by atoms with Gasteiger partial charge in [-0.1, -0.05) is 42.5 Å². The summed E-state index contributed by atoms with van der Waals surface area (Å²) in [5.41, 5.74) is 1.83. The summed E-state index contributed by atoms with van der Waals surface area (Å²) in [5.74, 6) is -2.86. The number of allylic oxidation sites excluding steroid dienone is 2. The number of nitrogens with one attached hydrogen (secondary N) is 1. The molecule has 2 aliphatic carbocycles. The Labute approximate surface area is 149 Å². The van der Waals surface area contributed by atoms with Gasteiger partial charge in [0.25, 0.3) is 0 Å². The molecule has 2 aliphatic rings. The van der Waals surface area contributed by atoms with E-state index in [0.29, 0.717) is 11.6 Å². The second-order valence-corrected chi connectivity index (χ2v) is 7.80. The monoisotopic (exact) mass is 353 g/mol. The zero-order valence-electron chi connectivity index (χ0n) is 13.6. The van der Waals surface area contributed by atoms with E-state index in [1.807, 2.05) is 49.4 Å². The van der Waals surface area contributed by atoms with E-state index in [1.165, 1.54) is 11.3 Å². The maximum absolute atomic E-state index is 12.7. The predicted molar refractivity (Wildman–Crippen MR) is 93.6 cm³/mol. The Kier molecular flexibility index (Phi) is 3.92. The van der Waals surface area contributed by atoms with Crippen molar-refractivity contribution in [1.29, 1.82) is 0 Å². The van der Waals surface area contributed by atoms with Crippen molar-refractivity contribution in [3.63, 3.8) is 0 Å². The lowest BCUT2D eigenvalue weighted by Crippen LogP contribution is -2.42. The molecule has 0 spiro atoms. The molecule has 25 heavy (non-hydrogen) atoms. The van der Waals surface area contributed by atoms with Crippen LogP contribution in [0, 0.1) is 30.6 Å². The van der Waals surface area contributed by atoms with Crippen molar-refractivity contribution in [3.05, 3.63) is 47.4 Å². The number of carboxylic acids is 1. The lowest BCUT2D eigenvalue weighted by molar-refractivity contribution is -0.313. The van der Waals surface area contributed by atoms with Crippen molar-refractivity contribution in [2.24, 2.45) is 23.7 Å². The van der Waals surface area contributed by atoms with E-state index in [4.69, 9.17) is 0 Å². The highest BCUT2D eigenvalue weighted by Gasteiger charge is 2.48. The maximum Gasteiger partial charge on any atom is 0.230 e. The summed E-state index contributed by atoms with van der Waals surface area (Å²) >= 11 is 1.40. The van der Waals surface area contributed by atoms with Crippen LogP contribution in [0.5, 0.6) is 0 Å². The number of hydrogen-bond acceptors (Lipinski definition) is 5. The Balaban J connectivity index is 1.56. The van der Waals surface area contributed by atoms with Crippen LogP contribution in [-0.4, -0.2) is 16.9 Å². The maximum atomic E-state index is 12.7. The van der Waals surface area contributed by atoms with E-state index in [1.54, 1.807) is 0 Å². The molecule has 0 aliphatic heterocycles. The van der Waals surface area contributed by atoms with E-state index < -0.39 is 17.8 Å². The molecular weight excluding hydrogens is 336 g/mol. The zero-order chi connectivity index (χ0) is 17.6. The number of thiazole rings is 1. The molecule has 6 heteroatoms. The van der Waals surface area contributed by atoms with Crippen LogP contribution in [-0.2, 0) is 9.59 Å². The fourth-order valence-electron chi connectivity index (χ4n) is 4.00. The number of aryl methyl sites for hydroxylation is 1. The summed E-state index contributed by atoms with van der Waals surface area (Å²) in [4.78, 5) is 29.7. The third-order valence-electron chi connectivity index (χ3n) is 5.11. The van der Waals surface area contributed by atoms with Crippen LogP contribution < -0.4 is 10.4 Å². The highest BCUT2D eigenvalue weighted by molar-refractivity contribution is 7.16. The van der Waals surface area contributed by atoms with Crippen molar-refractivity contribution in [2.75, 3.05) is 5.32 Å². The first kappa shape index (κ1) is 16.0. The highest BCUT2D eigenvalue weighted by Crippen LogP contribution is 2.48. The molecule has 0 radical (unpaired) electrons. The minimum Gasteiger partial charge on any atom is -0.550 e. The molecule has 4 rings (SSSR count). The van der Waals surface area contributed by atoms with E-state index in [2.05, 4.69) is 10.3 Å². The Hall–Kier alpha value is -2.47. The fourth-order valence-corrected chi connectivity index (χ4v) is 4.84. The van der Waals surface area contributed by atoms with Gasteiger partial charge in [-0.2, -0.15) is 0 Å². The largest absolute Gasteiger partial charge is 0.550 e.